The Morgan fingerprint density at radius 3 is 1.11 bits per heavy atom. The largest absolute Gasteiger partial charge is 1.00 e. The maximum Gasteiger partial charge on any atom is 1.00 e. The number of carboxylic acid groups (broad SMARTS) is 1. The Morgan fingerprint density at radius 2 is 0.871 bits per heavy atom. The summed E-state index contributed by atoms with van der Waals surface area (Å²) in [5, 5.41) is 29.5. The number of nitrogens with one attached hydrogen (secondary N) is 4. The van der Waals surface area contributed by atoms with Crippen molar-refractivity contribution in [2.45, 2.75) is 158 Å². The summed E-state index contributed by atoms with van der Waals surface area (Å²) in [7, 11) is 0. The van der Waals surface area contributed by atoms with Gasteiger partial charge in [-0.3, -0.25) is 24.0 Å². The molecule has 0 radical (unpaired) electrons. The summed E-state index contributed by atoms with van der Waals surface area (Å²) in [6.45, 7) is 36.7. The average molecular weight is 1210 g/mol. The van der Waals surface area contributed by atoms with Gasteiger partial charge in [-0.25, -0.2) is 24.0 Å². The minimum Gasteiger partial charge on any atom is -0.878 e. The van der Waals surface area contributed by atoms with Crippen LogP contribution in [-0.4, -0.2) is 128 Å². The molecule has 26 heteroatoms. The van der Waals surface area contributed by atoms with Crippen LogP contribution in [0.3, 0.4) is 0 Å². The molecule has 0 bridgehead atoms. The normalized spacial score (nSPS) is 9.96. The van der Waals surface area contributed by atoms with Crippen molar-refractivity contribution in [1.29, 1.82) is 0 Å². The molecule has 0 saturated carbocycles. The standard InChI is InChI=1S/C11H15NO3.C9H11NO3.2C9H13NO2.C6H9NO4.C6H10O3.C5H8O2.C4H8O.Na/c1-5-15-11(14)10-9(8(4)13)6(2)7(3)12-10;1-4-5(2)10-8(9(12)13)7(4)6(3)11;2*1-4-12-9(11)8-5-6(2)7(3)10-8;1-3-11-6(9)5(7-10)4(2)8;1-3-9-6(8)4-5(2)7;1-4(3-6)5(2)7;1-3-4(2)5;/h12H,5H2,1-4H3;10H,1-3H3,(H,12,13);2*5,10H,4H2,1-3H3;8H,3H2,1-2H3;3-4H2,1-2H3;3,6H,1-2H3;3H2,1-2H3;/q;;;;;;;;+1/p-1. The zero-order valence-electron chi connectivity index (χ0n) is 53.4. The number of nitrogens with zero attached hydrogens (tertiary/aromatic N) is 1. The van der Waals surface area contributed by atoms with Crippen molar-refractivity contribution >= 4 is 64.7 Å². The Bertz CT molecular complexity index is 2830. The van der Waals surface area contributed by atoms with E-state index in [9.17, 15) is 62.8 Å². The van der Waals surface area contributed by atoms with E-state index in [1.807, 2.05) is 48.5 Å². The number of hydrogen-bond donors (Lipinski definition) is 6. The predicted molar refractivity (Wildman–Crippen MR) is 311 cm³/mol. The maximum absolute atomic E-state index is 11.5. The summed E-state index contributed by atoms with van der Waals surface area (Å²) in [6, 6.07) is 3.60. The molecule has 4 aromatic heterocycles. The molecule has 4 rings (SSSR count). The molecule has 0 atom stereocenters. The maximum atomic E-state index is 11.5. The number of esters is 5. The van der Waals surface area contributed by atoms with Crippen LogP contribution in [0.4, 0.5) is 0 Å². The number of aryl methyl sites for hydroxylation is 6. The second-order valence-electron chi connectivity index (χ2n) is 17.7. The minimum atomic E-state index is -1.10. The molecular formula is C59H86N5NaO20. The van der Waals surface area contributed by atoms with Gasteiger partial charge in [0.2, 0.25) is 5.70 Å². The first-order valence-corrected chi connectivity index (χ1v) is 26.3. The van der Waals surface area contributed by atoms with Crippen molar-refractivity contribution in [3.63, 3.8) is 0 Å². The second kappa shape index (κ2) is 46.4. The van der Waals surface area contributed by atoms with Crippen LogP contribution >= 0.6 is 0 Å². The summed E-state index contributed by atoms with van der Waals surface area (Å²) in [4.78, 5) is 140. The molecule has 468 valence electrons. The van der Waals surface area contributed by atoms with E-state index in [4.69, 9.17) is 24.4 Å². The molecule has 0 aliphatic heterocycles. The minimum absolute atomic E-state index is 0. The number of carbonyl (C=O) groups excluding carboxylic acids is 10. The zero-order chi connectivity index (χ0) is 66.3. The molecule has 6 N–H and O–H groups in total. The van der Waals surface area contributed by atoms with Gasteiger partial charge in [-0.15, -0.1) is 11.2 Å². The van der Waals surface area contributed by atoms with Crippen molar-refractivity contribution < 1.29 is 121 Å². The van der Waals surface area contributed by atoms with Gasteiger partial charge in [0.25, 0.3) is 0 Å². The van der Waals surface area contributed by atoms with Crippen LogP contribution in [0.5, 0.6) is 0 Å². The van der Waals surface area contributed by atoms with Crippen LogP contribution in [0.2, 0.25) is 0 Å². The summed E-state index contributed by atoms with van der Waals surface area (Å²) in [6.07, 6.45) is 1.12. The van der Waals surface area contributed by atoms with E-state index in [1.165, 1.54) is 41.5 Å². The van der Waals surface area contributed by atoms with Gasteiger partial charge in [-0.2, -0.15) is 0 Å². The number of hydrogen-bond acceptors (Lipinski definition) is 20. The number of carboxylic acids is 1. The van der Waals surface area contributed by atoms with E-state index in [1.54, 1.807) is 67.5 Å². The number of aromatic nitrogens is 4. The summed E-state index contributed by atoms with van der Waals surface area (Å²) in [5.74, 6) is -4.32. The topological polar surface area (TPSA) is 390 Å². The van der Waals surface area contributed by atoms with Crippen molar-refractivity contribution in [3.05, 3.63) is 119 Å². The van der Waals surface area contributed by atoms with E-state index in [2.05, 4.69) is 34.6 Å². The third-order valence-electron chi connectivity index (χ3n) is 10.8. The van der Waals surface area contributed by atoms with Crippen LogP contribution in [0, 0.1) is 60.3 Å². The van der Waals surface area contributed by atoms with Crippen molar-refractivity contribution in [2.24, 2.45) is 5.18 Å². The molecule has 0 amide bonds. The van der Waals surface area contributed by atoms with Gasteiger partial charge in [-0.05, 0) is 184 Å². The molecule has 25 nitrogen and oxygen atoms in total. The Balaban J connectivity index is -0.000000291. The SMILES string of the molecule is CC(=O)C(C)=C[O-].CC(=O)c1c(C(=O)O)[nH]c(C)c1C.CCC(C)=O.CCOC(=O)C(N=O)=C(C)O.CCOC(=O)CC(C)=O.CCOC(=O)c1[nH]c(C)c(C)c1C(C)=O.CCOC(=O)c1cc(C)c(C)[nH]1.CCOC(=O)c1cc(C)c(C)[nH]1.[Na+]. The van der Waals surface area contributed by atoms with Gasteiger partial charge in [0.1, 0.15) is 46.5 Å². The molecule has 0 aliphatic rings. The number of ketones is 5. The van der Waals surface area contributed by atoms with Crippen molar-refractivity contribution in [2.75, 3.05) is 33.0 Å². The fourth-order valence-corrected chi connectivity index (χ4v) is 5.74. The smallest absolute Gasteiger partial charge is 0.878 e. The van der Waals surface area contributed by atoms with Gasteiger partial charge in [0.05, 0.1) is 44.2 Å². The van der Waals surface area contributed by atoms with Gasteiger partial charge in [0.15, 0.2) is 17.3 Å². The number of nitroso groups, excluding NO2 is 1. The summed E-state index contributed by atoms with van der Waals surface area (Å²) in [5.41, 5.74) is 9.00. The number of aromatic amines is 4. The number of aliphatic hydroxyl groups is 1. The average Bonchev–Trinajstić information content (AvgIpc) is 4.37. The van der Waals surface area contributed by atoms with Gasteiger partial charge in [-0.1, -0.05) is 6.92 Å². The van der Waals surface area contributed by atoms with E-state index in [0.29, 0.717) is 61.6 Å². The van der Waals surface area contributed by atoms with Crippen LogP contribution in [0.15, 0.2) is 40.6 Å². The third-order valence-corrected chi connectivity index (χ3v) is 10.8. The van der Waals surface area contributed by atoms with Gasteiger partial charge < -0.3 is 63.7 Å². The molecule has 4 heterocycles. The van der Waals surface area contributed by atoms with Crippen LogP contribution < -0.4 is 34.7 Å². The van der Waals surface area contributed by atoms with Gasteiger partial charge in [0, 0.05) is 29.2 Å². The van der Waals surface area contributed by atoms with E-state index in [-0.39, 0.29) is 106 Å². The predicted octanol–water partition coefficient (Wildman–Crippen LogP) is 6.62. The Hall–Kier alpha value is -8.03. The third kappa shape index (κ3) is 35.0. The first kappa shape index (κ1) is 85.8. The molecule has 0 spiro atoms. The molecular weight excluding hydrogens is 1120 g/mol. The summed E-state index contributed by atoms with van der Waals surface area (Å²) >= 11 is 0. The number of aliphatic hydroxyl groups excluding tert-OH is 1. The number of carbonyl (C=O) groups is 11. The van der Waals surface area contributed by atoms with E-state index < -0.39 is 35.3 Å². The van der Waals surface area contributed by atoms with Crippen LogP contribution in [0.1, 0.15) is 211 Å². The van der Waals surface area contributed by atoms with Crippen LogP contribution in [0.25, 0.3) is 0 Å². The fraction of sp³-hybridized carbons (Fsp3) is 0.475. The number of aromatic carboxylic acids is 1. The van der Waals surface area contributed by atoms with E-state index >= 15 is 0 Å². The molecule has 0 saturated heterocycles. The Morgan fingerprint density at radius 1 is 0.518 bits per heavy atom. The van der Waals surface area contributed by atoms with Crippen molar-refractivity contribution in [3.8, 4) is 0 Å². The first-order valence-electron chi connectivity index (χ1n) is 26.3. The monoisotopic (exact) mass is 1210 g/mol. The Kier molecular flexibility index (Phi) is 46.8. The number of Topliss-reactive ketones (excluding diaryl/α,β-unsaturated/α-hetero) is 5. The molecule has 0 fully saturated rings. The van der Waals surface area contributed by atoms with Crippen LogP contribution in [-0.2, 0) is 47.7 Å². The number of rotatable bonds is 17. The first-order chi connectivity index (χ1) is 39.0. The molecule has 0 unspecified atom stereocenters. The van der Waals surface area contributed by atoms with E-state index in [0.717, 1.165) is 39.5 Å². The zero-order valence-corrected chi connectivity index (χ0v) is 55.4. The molecule has 85 heavy (non-hydrogen) atoms. The molecule has 0 aromatic carbocycles. The number of ether oxygens (including phenoxy) is 5. The quantitative estimate of drug-likeness (QED) is 0.00944. The Labute approximate surface area is 519 Å². The fourth-order valence-electron chi connectivity index (χ4n) is 5.74. The van der Waals surface area contributed by atoms with Gasteiger partial charge >= 0.3 is 65.4 Å². The second-order valence-corrected chi connectivity index (χ2v) is 17.7. The number of allylic oxidation sites excluding steroid dienone is 2. The number of H-pyrrole nitrogens is 4. The van der Waals surface area contributed by atoms with Crippen molar-refractivity contribution in [1.82, 2.24) is 19.9 Å². The summed E-state index contributed by atoms with van der Waals surface area (Å²) < 4.78 is 23.4. The molecule has 0 aliphatic carbocycles. The molecule has 4 aromatic rings.